The summed E-state index contributed by atoms with van der Waals surface area (Å²) in [6, 6.07) is 12.7. The zero-order chi connectivity index (χ0) is 20.4. The summed E-state index contributed by atoms with van der Waals surface area (Å²) in [7, 11) is 0. The summed E-state index contributed by atoms with van der Waals surface area (Å²) < 4.78 is 13.5. The molecule has 0 N–H and O–H groups in total. The fourth-order valence-electron chi connectivity index (χ4n) is 3.05. The Morgan fingerprint density at radius 3 is 2.66 bits per heavy atom. The second-order valence-corrected chi connectivity index (χ2v) is 6.76. The number of ketones is 2. The van der Waals surface area contributed by atoms with Crippen LogP contribution >= 0.6 is 11.6 Å². The van der Waals surface area contributed by atoms with Crippen LogP contribution in [-0.4, -0.2) is 26.5 Å². The molecule has 0 spiro atoms. The summed E-state index contributed by atoms with van der Waals surface area (Å²) >= 11 is 5.90. The molecule has 0 amide bonds. The van der Waals surface area contributed by atoms with Gasteiger partial charge in [-0.15, -0.1) is 0 Å². The number of carbonyl (C=O) groups is 2. The van der Waals surface area contributed by atoms with E-state index in [-0.39, 0.29) is 28.9 Å². The number of carbonyl (C=O) groups excluding carboxylic acids is 2. The van der Waals surface area contributed by atoms with E-state index in [1.807, 2.05) is 0 Å². The highest BCUT2D eigenvalue weighted by Gasteiger charge is 2.18. The lowest BCUT2D eigenvalue weighted by molar-refractivity contribution is 0.0993. The SMILES string of the molecule is O=C(c1cncc(F)c1)c1cc(C(=O)Cc2cccc(Cl)n2)c2ncccc2c1. The lowest BCUT2D eigenvalue weighted by Crippen LogP contribution is -2.10. The summed E-state index contributed by atoms with van der Waals surface area (Å²) in [5.41, 5.74) is 1.63. The Morgan fingerprint density at radius 2 is 1.86 bits per heavy atom. The molecular weight excluding hydrogens is 393 g/mol. The van der Waals surface area contributed by atoms with Crippen LogP contribution in [0.4, 0.5) is 4.39 Å². The van der Waals surface area contributed by atoms with Crippen molar-refractivity contribution in [2.45, 2.75) is 6.42 Å². The van der Waals surface area contributed by atoms with Gasteiger partial charge in [0.15, 0.2) is 11.6 Å². The van der Waals surface area contributed by atoms with E-state index in [0.29, 0.717) is 21.7 Å². The summed E-state index contributed by atoms with van der Waals surface area (Å²) in [5.74, 6) is -1.30. The van der Waals surface area contributed by atoms with Crippen LogP contribution in [0.25, 0.3) is 10.9 Å². The van der Waals surface area contributed by atoms with Gasteiger partial charge in [-0.2, -0.15) is 0 Å². The third kappa shape index (κ3) is 4.02. The van der Waals surface area contributed by atoms with E-state index in [9.17, 15) is 14.0 Å². The number of halogens is 2. The summed E-state index contributed by atoms with van der Waals surface area (Å²) in [6.07, 6.45) is 3.89. The monoisotopic (exact) mass is 405 g/mol. The maximum absolute atomic E-state index is 13.5. The van der Waals surface area contributed by atoms with E-state index in [2.05, 4.69) is 15.0 Å². The van der Waals surface area contributed by atoms with Crippen molar-refractivity contribution in [1.82, 2.24) is 15.0 Å². The molecule has 0 saturated carbocycles. The van der Waals surface area contributed by atoms with Crippen molar-refractivity contribution in [2.24, 2.45) is 0 Å². The van der Waals surface area contributed by atoms with E-state index in [1.165, 1.54) is 12.3 Å². The van der Waals surface area contributed by atoms with Gasteiger partial charge in [0.2, 0.25) is 0 Å². The maximum Gasteiger partial charge on any atom is 0.194 e. The third-order valence-corrected chi connectivity index (χ3v) is 4.56. The number of pyridine rings is 3. The molecule has 0 aliphatic rings. The molecule has 0 atom stereocenters. The van der Waals surface area contributed by atoms with Crippen molar-refractivity contribution in [3.8, 4) is 0 Å². The quantitative estimate of drug-likeness (QED) is 0.361. The lowest BCUT2D eigenvalue weighted by Gasteiger charge is -2.09. The van der Waals surface area contributed by atoms with Crippen LogP contribution in [0.5, 0.6) is 0 Å². The number of nitrogens with zero attached hydrogens (tertiary/aromatic N) is 3. The van der Waals surface area contributed by atoms with Crippen molar-refractivity contribution in [3.05, 3.63) is 100 Å². The molecule has 3 aromatic heterocycles. The lowest BCUT2D eigenvalue weighted by atomic mass is 9.96. The smallest absolute Gasteiger partial charge is 0.194 e. The van der Waals surface area contributed by atoms with E-state index >= 15 is 0 Å². The molecule has 1 aromatic carbocycles. The predicted molar refractivity (Wildman–Crippen MR) is 107 cm³/mol. The van der Waals surface area contributed by atoms with E-state index in [0.717, 1.165) is 12.3 Å². The number of aromatic nitrogens is 3. The van der Waals surface area contributed by atoms with Crippen molar-refractivity contribution in [2.75, 3.05) is 0 Å². The van der Waals surface area contributed by atoms with Gasteiger partial charge in [0, 0.05) is 40.2 Å². The fraction of sp³-hybridized carbons (Fsp3) is 0.0455. The van der Waals surface area contributed by atoms with Crippen LogP contribution in [0, 0.1) is 5.82 Å². The molecule has 4 rings (SSSR count). The number of hydrogen-bond donors (Lipinski definition) is 0. The molecule has 0 fully saturated rings. The molecule has 5 nitrogen and oxygen atoms in total. The standard InChI is InChI=1S/C22H13ClFN3O2/c23-20-5-1-4-17(27-20)10-19(28)18-9-14(7-13-3-2-6-26-21(13)18)22(29)15-8-16(24)12-25-11-15/h1-9,11-12H,10H2. The molecule has 0 aliphatic heterocycles. The Morgan fingerprint density at radius 1 is 1.00 bits per heavy atom. The summed E-state index contributed by atoms with van der Waals surface area (Å²) in [5, 5.41) is 0.922. The molecule has 0 radical (unpaired) electrons. The fourth-order valence-corrected chi connectivity index (χ4v) is 3.23. The predicted octanol–water partition coefficient (Wildman–Crippen LogP) is 4.47. The molecule has 0 unspecified atom stereocenters. The van der Waals surface area contributed by atoms with Crippen LogP contribution in [0.3, 0.4) is 0 Å². The summed E-state index contributed by atoms with van der Waals surface area (Å²) in [4.78, 5) is 38.0. The molecule has 4 aromatic rings. The first kappa shape index (κ1) is 18.8. The van der Waals surface area contributed by atoms with Crippen molar-refractivity contribution < 1.29 is 14.0 Å². The molecule has 142 valence electrons. The Hall–Kier alpha value is -3.51. The van der Waals surface area contributed by atoms with Crippen LogP contribution < -0.4 is 0 Å². The number of hydrogen-bond acceptors (Lipinski definition) is 5. The van der Waals surface area contributed by atoms with Gasteiger partial charge in [0.05, 0.1) is 18.1 Å². The molecule has 0 aliphatic carbocycles. The largest absolute Gasteiger partial charge is 0.294 e. The first-order chi connectivity index (χ1) is 14.0. The van der Waals surface area contributed by atoms with Crippen LogP contribution in [0.15, 0.2) is 67.1 Å². The van der Waals surface area contributed by atoms with E-state index < -0.39 is 11.6 Å². The minimum Gasteiger partial charge on any atom is -0.294 e. The zero-order valence-corrected chi connectivity index (χ0v) is 15.7. The molecule has 3 heterocycles. The van der Waals surface area contributed by atoms with Gasteiger partial charge in [-0.3, -0.25) is 19.6 Å². The third-order valence-electron chi connectivity index (χ3n) is 4.35. The Kier molecular flexibility index (Phi) is 5.10. The van der Waals surface area contributed by atoms with Gasteiger partial charge in [-0.25, -0.2) is 9.37 Å². The van der Waals surface area contributed by atoms with Gasteiger partial charge in [-0.1, -0.05) is 23.7 Å². The second kappa shape index (κ2) is 7.85. The number of benzene rings is 1. The maximum atomic E-state index is 13.5. The van der Waals surface area contributed by atoms with Crippen LogP contribution in [-0.2, 0) is 6.42 Å². The second-order valence-electron chi connectivity index (χ2n) is 6.37. The highest BCUT2D eigenvalue weighted by Crippen LogP contribution is 2.23. The van der Waals surface area contributed by atoms with Gasteiger partial charge in [0.1, 0.15) is 11.0 Å². The number of Topliss-reactive ketones (excluding diaryl/α,β-unsaturated/α-hetero) is 1. The van der Waals surface area contributed by atoms with E-state index in [4.69, 9.17) is 11.6 Å². The first-order valence-electron chi connectivity index (χ1n) is 8.70. The summed E-state index contributed by atoms with van der Waals surface area (Å²) in [6.45, 7) is 0. The Labute approximate surface area is 170 Å². The van der Waals surface area contributed by atoms with Gasteiger partial charge < -0.3 is 0 Å². The van der Waals surface area contributed by atoms with Crippen LogP contribution in [0.2, 0.25) is 5.15 Å². The normalized spacial score (nSPS) is 10.8. The number of fused-ring (bicyclic) bond motifs is 1. The van der Waals surface area contributed by atoms with Gasteiger partial charge >= 0.3 is 0 Å². The minimum atomic E-state index is -0.610. The molecule has 0 bridgehead atoms. The average molecular weight is 406 g/mol. The Bertz CT molecular complexity index is 1260. The Balaban J connectivity index is 1.78. The van der Waals surface area contributed by atoms with Crippen molar-refractivity contribution >= 4 is 34.1 Å². The minimum absolute atomic E-state index is 0.00536. The van der Waals surface area contributed by atoms with Crippen molar-refractivity contribution in [1.29, 1.82) is 0 Å². The molecule has 29 heavy (non-hydrogen) atoms. The number of rotatable bonds is 5. The molecular formula is C22H13ClFN3O2. The highest BCUT2D eigenvalue weighted by atomic mass is 35.5. The van der Waals surface area contributed by atoms with Crippen LogP contribution in [0.1, 0.15) is 32.0 Å². The molecule has 7 heteroatoms. The highest BCUT2D eigenvalue weighted by molar-refractivity contribution is 6.29. The van der Waals surface area contributed by atoms with Crippen molar-refractivity contribution in [3.63, 3.8) is 0 Å². The van der Waals surface area contributed by atoms with Gasteiger partial charge in [0.25, 0.3) is 0 Å². The van der Waals surface area contributed by atoms with Gasteiger partial charge in [-0.05, 0) is 36.4 Å². The van der Waals surface area contributed by atoms with E-state index in [1.54, 1.807) is 42.6 Å². The topological polar surface area (TPSA) is 72.8 Å². The zero-order valence-electron chi connectivity index (χ0n) is 15.0. The molecule has 0 saturated heterocycles. The first-order valence-corrected chi connectivity index (χ1v) is 9.08. The average Bonchev–Trinajstić information content (AvgIpc) is 2.72.